The number of hydrogen-bond donors (Lipinski definition) is 1. The molecule has 2 aliphatic rings. The molecule has 1 unspecified atom stereocenters. The number of ether oxygens (including phenoxy) is 2. The predicted octanol–water partition coefficient (Wildman–Crippen LogP) is 3.56. The molecule has 0 aliphatic carbocycles. The molecule has 3 heterocycles. The second kappa shape index (κ2) is 12.4. The van der Waals surface area contributed by atoms with E-state index in [4.69, 9.17) is 28.2 Å². The molecule has 2 aliphatic heterocycles. The highest BCUT2D eigenvalue weighted by molar-refractivity contribution is 7.90. The summed E-state index contributed by atoms with van der Waals surface area (Å²) in [6.07, 6.45) is -0.357. The van der Waals surface area contributed by atoms with Crippen molar-refractivity contribution in [1.29, 1.82) is 0 Å². The van der Waals surface area contributed by atoms with E-state index >= 15 is 0 Å². The van der Waals surface area contributed by atoms with Gasteiger partial charge in [-0.2, -0.15) is 8.42 Å². The maximum atomic E-state index is 13.9. The zero-order valence-corrected chi connectivity index (χ0v) is 31.2. The largest absolute Gasteiger partial charge is 0.463 e. The van der Waals surface area contributed by atoms with Crippen LogP contribution in [0.1, 0.15) is 60.3 Å². The summed E-state index contributed by atoms with van der Waals surface area (Å²) in [7, 11) is -9.43. The standard InChI is InChI=1S/C29H49N3O10SSi2/c1-13-38-22(33)14-15-31-24(34)19(2)16-32(26(31)35)25-23(41-45(11,12)28(6,7)8)29(20(30)18-43(36,37)42-29)21(40-25)17-39-44(9,10)27(3,4)5/h14-16,18,21,23,25H,13,17,30H2,1-12H3/b15-14+/t21-,23+,25-,29?/m1/s1. The van der Waals surface area contributed by atoms with E-state index in [2.05, 4.69) is 20.8 Å². The number of nitrogens with zero attached hydrogens (tertiary/aromatic N) is 2. The van der Waals surface area contributed by atoms with Gasteiger partial charge in [0.15, 0.2) is 28.5 Å². The lowest BCUT2D eigenvalue weighted by molar-refractivity contribution is -0.137. The average molecular weight is 688 g/mol. The zero-order valence-electron chi connectivity index (χ0n) is 28.4. The molecule has 0 saturated carbocycles. The van der Waals surface area contributed by atoms with Crippen molar-refractivity contribution < 1.29 is 35.7 Å². The Morgan fingerprint density at radius 2 is 1.67 bits per heavy atom. The fraction of sp³-hybridized carbons (Fsp3) is 0.690. The zero-order chi connectivity index (χ0) is 34.6. The molecule has 0 amide bonds. The van der Waals surface area contributed by atoms with Crippen molar-refractivity contribution in [3.8, 4) is 0 Å². The highest BCUT2D eigenvalue weighted by Gasteiger charge is 2.67. The summed E-state index contributed by atoms with van der Waals surface area (Å²) < 4.78 is 58.6. The van der Waals surface area contributed by atoms with Crippen LogP contribution in [0.3, 0.4) is 0 Å². The van der Waals surface area contributed by atoms with Crippen molar-refractivity contribution in [2.24, 2.45) is 5.73 Å². The van der Waals surface area contributed by atoms with Gasteiger partial charge in [-0.05, 0) is 50.1 Å². The Balaban J connectivity index is 2.31. The van der Waals surface area contributed by atoms with Crippen LogP contribution in [0.25, 0.3) is 6.20 Å². The molecule has 1 aromatic heterocycles. The number of rotatable bonds is 9. The second-order valence-corrected chi connectivity index (χ2v) is 25.5. The van der Waals surface area contributed by atoms with E-state index in [9.17, 15) is 22.8 Å². The van der Waals surface area contributed by atoms with Gasteiger partial charge in [0, 0.05) is 24.0 Å². The van der Waals surface area contributed by atoms with Crippen LogP contribution >= 0.6 is 0 Å². The Kier molecular flexibility index (Phi) is 10.2. The Morgan fingerprint density at radius 1 is 1.09 bits per heavy atom. The lowest BCUT2D eigenvalue weighted by Crippen LogP contribution is -2.59. The summed E-state index contributed by atoms with van der Waals surface area (Å²) in [6.45, 7) is 23.4. The molecule has 1 saturated heterocycles. The first-order valence-electron chi connectivity index (χ1n) is 14.9. The topological polar surface area (TPSA) is 167 Å². The summed E-state index contributed by atoms with van der Waals surface area (Å²) >= 11 is 0. The van der Waals surface area contributed by atoms with Crippen LogP contribution in [0.15, 0.2) is 33.0 Å². The number of aromatic nitrogens is 2. The predicted molar refractivity (Wildman–Crippen MR) is 176 cm³/mol. The second-order valence-electron chi connectivity index (χ2n) is 14.6. The molecule has 16 heteroatoms. The van der Waals surface area contributed by atoms with Crippen LogP contribution in [0, 0.1) is 6.92 Å². The van der Waals surface area contributed by atoms with Crippen molar-refractivity contribution in [3.05, 3.63) is 49.8 Å². The van der Waals surface area contributed by atoms with Gasteiger partial charge in [-0.25, -0.2) is 18.3 Å². The summed E-state index contributed by atoms with van der Waals surface area (Å²) in [5.74, 6) is -0.739. The third kappa shape index (κ3) is 7.16. The van der Waals surface area contributed by atoms with Crippen LogP contribution in [0.4, 0.5) is 0 Å². The highest BCUT2D eigenvalue weighted by Crippen LogP contribution is 2.52. The number of aryl methyl sites for hydroxylation is 1. The Labute approximate surface area is 267 Å². The lowest BCUT2D eigenvalue weighted by atomic mass is 9.89. The number of hydrogen-bond acceptors (Lipinski definition) is 11. The molecule has 0 aromatic carbocycles. The van der Waals surface area contributed by atoms with Crippen molar-refractivity contribution in [1.82, 2.24) is 9.13 Å². The third-order valence-electron chi connectivity index (χ3n) is 9.31. The van der Waals surface area contributed by atoms with Crippen LogP contribution in [-0.4, -0.2) is 71.2 Å². The maximum Gasteiger partial charge on any atom is 0.337 e. The van der Waals surface area contributed by atoms with Gasteiger partial charge in [0.2, 0.25) is 0 Å². The number of esters is 1. The Bertz CT molecular complexity index is 1600. The molecular weight excluding hydrogens is 639 g/mol. The number of carbonyl (C=O) groups excluding carboxylic acids is 1. The fourth-order valence-electron chi connectivity index (χ4n) is 4.57. The molecule has 4 atom stereocenters. The SMILES string of the molecule is CCOC(=O)/C=C/n1c(=O)c(C)cn([C@@H]2O[C@H](CO[Si](C)(C)C(C)(C)C)C3(OS(=O)(=O)C=C3N)[C@H]2O[Si](C)(C)C(C)(C)C)c1=O. The molecule has 0 radical (unpaired) electrons. The van der Waals surface area contributed by atoms with Crippen LogP contribution in [0.5, 0.6) is 0 Å². The minimum Gasteiger partial charge on any atom is -0.463 e. The number of carbonyl (C=O) groups is 1. The molecule has 13 nitrogen and oxygen atoms in total. The minimum absolute atomic E-state index is 0.107. The summed E-state index contributed by atoms with van der Waals surface area (Å²) in [5.41, 5.74) is 3.13. The average Bonchev–Trinajstić information content (AvgIpc) is 3.30. The van der Waals surface area contributed by atoms with Crippen LogP contribution in [-0.2, 0) is 37.4 Å². The van der Waals surface area contributed by atoms with Gasteiger partial charge in [-0.15, -0.1) is 0 Å². The van der Waals surface area contributed by atoms with E-state index in [1.54, 1.807) is 6.92 Å². The van der Waals surface area contributed by atoms with Gasteiger partial charge in [-0.1, -0.05) is 41.5 Å². The van der Waals surface area contributed by atoms with E-state index in [1.807, 2.05) is 47.0 Å². The molecule has 1 spiro atoms. The summed E-state index contributed by atoms with van der Waals surface area (Å²) in [4.78, 5) is 39.0. The van der Waals surface area contributed by atoms with E-state index in [1.165, 1.54) is 13.1 Å². The molecule has 1 fully saturated rings. The molecule has 2 N–H and O–H groups in total. The van der Waals surface area contributed by atoms with Crippen LogP contribution in [0.2, 0.25) is 36.3 Å². The van der Waals surface area contributed by atoms with E-state index in [-0.39, 0.29) is 34.6 Å². The molecule has 3 rings (SSSR count). The normalized spacial score (nSPS) is 25.7. The van der Waals surface area contributed by atoms with Gasteiger partial charge in [0.1, 0.15) is 12.2 Å². The maximum absolute atomic E-state index is 13.9. The molecule has 0 bridgehead atoms. The van der Waals surface area contributed by atoms with Crippen molar-refractivity contribution in [3.63, 3.8) is 0 Å². The number of nitrogens with two attached hydrogens (primary N) is 1. The van der Waals surface area contributed by atoms with E-state index in [0.29, 0.717) is 0 Å². The van der Waals surface area contributed by atoms with Crippen LogP contribution < -0.4 is 17.0 Å². The van der Waals surface area contributed by atoms with E-state index < -0.39 is 68.0 Å². The first-order valence-corrected chi connectivity index (χ1v) is 22.2. The molecule has 254 valence electrons. The quantitative estimate of drug-likeness (QED) is 0.174. The van der Waals surface area contributed by atoms with Gasteiger partial charge >= 0.3 is 11.7 Å². The first kappa shape index (κ1) is 37.1. The lowest BCUT2D eigenvalue weighted by Gasteiger charge is -2.43. The van der Waals surface area contributed by atoms with Gasteiger partial charge < -0.3 is 24.1 Å². The van der Waals surface area contributed by atoms with Crippen molar-refractivity contribution >= 4 is 38.9 Å². The summed E-state index contributed by atoms with van der Waals surface area (Å²) in [5, 5.41) is 0.303. The van der Waals surface area contributed by atoms with E-state index in [0.717, 1.165) is 26.8 Å². The summed E-state index contributed by atoms with van der Waals surface area (Å²) in [6, 6.07) is 0. The van der Waals surface area contributed by atoms with Crippen molar-refractivity contribution in [2.75, 3.05) is 13.2 Å². The molecular formula is C29H49N3O10SSi2. The molecule has 45 heavy (non-hydrogen) atoms. The third-order valence-corrected chi connectivity index (χ3v) is 19.3. The first-order chi connectivity index (χ1) is 20.3. The monoisotopic (exact) mass is 687 g/mol. The Hall–Kier alpha value is -2.35. The van der Waals surface area contributed by atoms with Gasteiger partial charge in [0.25, 0.3) is 15.7 Å². The smallest absolute Gasteiger partial charge is 0.337 e. The fourth-order valence-corrected chi connectivity index (χ4v) is 8.08. The van der Waals surface area contributed by atoms with Gasteiger partial charge in [-0.3, -0.25) is 9.36 Å². The highest BCUT2D eigenvalue weighted by atomic mass is 32.2. The molecule has 1 aromatic rings. The van der Waals surface area contributed by atoms with Gasteiger partial charge in [0.05, 0.1) is 24.3 Å². The Morgan fingerprint density at radius 3 is 2.16 bits per heavy atom. The van der Waals surface area contributed by atoms with Crippen molar-refractivity contribution in [2.45, 2.75) is 116 Å². The minimum atomic E-state index is -4.27.